The quantitative estimate of drug-likeness (QED) is 0.690. The molecule has 3 amide bonds. The maximum Gasteiger partial charge on any atom is 0.313 e. The van der Waals surface area contributed by atoms with Gasteiger partial charge in [-0.3, -0.25) is 14.4 Å². The SMILES string of the molecule is COC(CNC(=O)C(=O)Nc1ccc(C)c(N2CCCC2=O)c1)c1ccccc1Cl. The van der Waals surface area contributed by atoms with Crippen molar-refractivity contribution in [2.45, 2.75) is 25.9 Å². The van der Waals surface area contributed by atoms with Gasteiger partial charge in [0, 0.05) is 48.6 Å². The lowest BCUT2D eigenvalue weighted by Crippen LogP contribution is -2.38. The Morgan fingerprint density at radius 2 is 1.97 bits per heavy atom. The van der Waals surface area contributed by atoms with Crippen molar-refractivity contribution in [3.05, 3.63) is 58.6 Å². The van der Waals surface area contributed by atoms with Gasteiger partial charge in [-0.15, -0.1) is 0 Å². The van der Waals surface area contributed by atoms with Crippen molar-refractivity contribution >= 4 is 40.7 Å². The van der Waals surface area contributed by atoms with Gasteiger partial charge >= 0.3 is 11.8 Å². The zero-order chi connectivity index (χ0) is 21.7. The van der Waals surface area contributed by atoms with Crippen molar-refractivity contribution in [3.63, 3.8) is 0 Å². The third-order valence-electron chi connectivity index (χ3n) is 5.02. The molecule has 2 aromatic carbocycles. The standard InChI is InChI=1S/C22H24ClN3O4/c1-14-9-10-15(12-18(14)26-11-5-8-20(26)27)25-22(29)21(28)24-13-19(30-2)16-6-3-4-7-17(16)23/h3-4,6-7,9-10,12,19H,5,8,11,13H2,1-2H3,(H,24,28)(H,25,29). The topological polar surface area (TPSA) is 87.7 Å². The number of nitrogens with zero attached hydrogens (tertiary/aromatic N) is 1. The highest BCUT2D eigenvalue weighted by atomic mass is 35.5. The molecule has 1 aliphatic rings. The van der Waals surface area contributed by atoms with E-state index in [4.69, 9.17) is 16.3 Å². The number of anilines is 2. The van der Waals surface area contributed by atoms with E-state index in [-0.39, 0.29) is 12.5 Å². The summed E-state index contributed by atoms with van der Waals surface area (Å²) in [4.78, 5) is 38.3. The fourth-order valence-corrected chi connectivity index (χ4v) is 3.65. The molecule has 1 unspecified atom stereocenters. The van der Waals surface area contributed by atoms with Crippen molar-refractivity contribution in [2.75, 3.05) is 30.4 Å². The van der Waals surface area contributed by atoms with Crippen molar-refractivity contribution in [3.8, 4) is 0 Å². The average Bonchev–Trinajstić information content (AvgIpc) is 3.16. The van der Waals surface area contributed by atoms with E-state index < -0.39 is 17.9 Å². The molecule has 0 aromatic heterocycles. The van der Waals surface area contributed by atoms with E-state index in [1.165, 1.54) is 7.11 Å². The molecule has 0 spiro atoms. The van der Waals surface area contributed by atoms with Crippen LogP contribution >= 0.6 is 11.6 Å². The Morgan fingerprint density at radius 3 is 2.63 bits per heavy atom. The zero-order valence-electron chi connectivity index (χ0n) is 16.9. The molecule has 1 fully saturated rings. The normalized spacial score (nSPS) is 14.5. The van der Waals surface area contributed by atoms with Gasteiger partial charge in [0.2, 0.25) is 5.91 Å². The highest BCUT2D eigenvalue weighted by Crippen LogP contribution is 2.28. The van der Waals surface area contributed by atoms with E-state index in [0.29, 0.717) is 23.7 Å². The number of benzene rings is 2. The minimum atomic E-state index is -0.799. The van der Waals surface area contributed by atoms with Gasteiger partial charge in [-0.1, -0.05) is 35.9 Å². The van der Waals surface area contributed by atoms with Gasteiger partial charge in [0.1, 0.15) is 6.10 Å². The first-order valence-electron chi connectivity index (χ1n) is 9.68. The zero-order valence-corrected chi connectivity index (χ0v) is 17.7. The summed E-state index contributed by atoms with van der Waals surface area (Å²) >= 11 is 6.17. The fourth-order valence-electron chi connectivity index (χ4n) is 3.39. The summed E-state index contributed by atoms with van der Waals surface area (Å²) in [5, 5.41) is 5.67. The molecule has 30 heavy (non-hydrogen) atoms. The Labute approximate surface area is 180 Å². The molecule has 0 saturated carbocycles. The maximum absolute atomic E-state index is 12.3. The largest absolute Gasteiger partial charge is 0.375 e. The fraction of sp³-hybridized carbons (Fsp3) is 0.318. The van der Waals surface area contributed by atoms with Crippen LogP contribution in [0.1, 0.15) is 30.1 Å². The summed E-state index contributed by atoms with van der Waals surface area (Å²) in [6, 6.07) is 12.4. The molecule has 7 nitrogen and oxygen atoms in total. The van der Waals surface area contributed by atoms with Crippen LogP contribution in [0.3, 0.4) is 0 Å². The predicted octanol–water partition coefficient (Wildman–Crippen LogP) is 3.22. The van der Waals surface area contributed by atoms with Gasteiger partial charge in [-0.25, -0.2) is 0 Å². The lowest BCUT2D eigenvalue weighted by atomic mass is 10.1. The molecule has 8 heteroatoms. The average molecular weight is 430 g/mol. The third-order valence-corrected chi connectivity index (χ3v) is 5.37. The van der Waals surface area contributed by atoms with Crippen LogP contribution in [0.2, 0.25) is 5.02 Å². The first-order chi connectivity index (χ1) is 14.4. The minimum absolute atomic E-state index is 0.0597. The molecule has 1 heterocycles. The molecule has 1 atom stereocenters. The van der Waals surface area contributed by atoms with Crippen LogP contribution in [0.15, 0.2) is 42.5 Å². The monoisotopic (exact) mass is 429 g/mol. The number of ether oxygens (including phenoxy) is 1. The molecule has 1 aliphatic heterocycles. The molecule has 1 saturated heterocycles. The third kappa shape index (κ3) is 4.98. The Hall–Kier alpha value is -2.90. The van der Waals surface area contributed by atoms with Crippen LogP contribution < -0.4 is 15.5 Å². The summed E-state index contributed by atoms with van der Waals surface area (Å²) in [5.41, 5.74) is 2.84. The van der Waals surface area contributed by atoms with Gasteiger partial charge in [0.15, 0.2) is 0 Å². The van der Waals surface area contributed by atoms with Gasteiger partial charge in [-0.05, 0) is 37.1 Å². The van der Waals surface area contributed by atoms with E-state index in [2.05, 4.69) is 10.6 Å². The van der Waals surface area contributed by atoms with E-state index in [1.807, 2.05) is 19.1 Å². The molecule has 0 aliphatic carbocycles. The number of carbonyl (C=O) groups is 3. The van der Waals surface area contributed by atoms with E-state index in [1.54, 1.807) is 35.2 Å². The van der Waals surface area contributed by atoms with Crippen LogP contribution in [0.5, 0.6) is 0 Å². The second-order valence-corrected chi connectivity index (χ2v) is 7.47. The molecule has 2 N–H and O–H groups in total. The maximum atomic E-state index is 12.3. The number of aryl methyl sites for hydroxylation is 1. The number of halogens is 1. The number of hydrogen-bond acceptors (Lipinski definition) is 4. The first kappa shape index (κ1) is 21.8. The molecule has 3 rings (SSSR count). The van der Waals surface area contributed by atoms with Crippen LogP contribution in [-0.2, 0) is 19.1 Å². The second-order valence-electron chi connectivity index (χ2n) is 7.06. The number of methoxy groups -OCH3 is 1. The number of amides is 3. The number of nitrogens with one attached hydrogen (secondary N) is 2. The van der Waals surface area contributed by atoms with Gasteiger partial charge in [0.05, 0.1) is 0 Å². The van der Waals surface area contributed by atoms with E-state index in [0.717, 1.165) is 23.2 Å². The summed E-state index contributed by atoms with van der Waals surface area (Å²) in [6.07, 6.45) is 0.844. The molecular formula is C22H24ClN3O4. The number of carbonyl (C=O) groups excluding carboxylic acids is 3. The second kappa shape index (κ2) is 9.73. The van der Waals surface area contributed by atoms with Gasteiger partial charge in [0.25, 0.3) is 0 Å². The molecule has 2 aromatic rings. The summed E-state index contributed by atoms with van der Waals surface area (Å²) in [5.74, 6) is -1.53. The summed E-state index contributed by atoms with van der Waals surface area (Å²) < 4.78 is 5.39. The van der Waals surface area contributed by atoms with Crippen molar-refractivity contribution in [1.29, 1.82) is 0 Å². The lowest BCUT2D eigenvalue weighted by Gasteiger charge is -2.20. The highest BCUT2D eigenvalue weighted by Gasteiger charge is 2.24. The smallest absolute Gasteiger partial charge is 0.313 e. The molecule has 0 bridgehead atoms. The Bertz CT molecular complexity index is 963. The molecular weight excluding hydrogens is 406 g/mol. The molecule has 158 valence electrons. The van der Waals surface area contributed by atoms with Gasteiger partial charge in [-0.2, -0.15) is 0 Å². The Balaban J connectivity index is 1.62. The van der Waals surface area contributed by atoms with Crippen molar-refractivity contribution in [2.24, 2.45) is 0 Å². The predicted molar refractivity (Wildman–Crippen MR) is 116 cm³/mol. The summed E-state index contributed by atoms with van der Waals surface area (Å²) in [6.45, 7) is 2.64. The number of rotatable bonds is 6. The Kier molecular flexibility index (Phi) is 7.07. The highest BCUT2D eigenvalue weighted by molar-refractivity contribution is 6.39. The van der Waals surface area contributed by atoms with Crippen LogP contribution in [0.25, 0.3) is 0 Å². The first-order valence-corrected chi connectivity index (χ1v) is 10.1. The minimum Gasteiger partial charge on any atom is -0.375 e. The van der Waals surface area contributed by atoms with Gasteiger partial charge < -0.3 is 20.3 Å². The van der Waals surface area contributed by atoms with Crippen molar-refractivity contribution < 1.29 is 19.1 Å². The van der Waals surface area contributed by atoms with Crippen LogP contribution in [-0.4, -0.2) is 37.9 Å². The van der Waals surface area contributed by atoms with Crippen LogP contribution in [0.4, 0.5) is 11.4 Å². The van der Waals surface area contributed by atoms with E-state index in [9.17, 15) is 14.4 Å². The lowest BCUT2D eigenvalue weighted by molar-refractivity contribution is -0.136. The number of hydrogen-bond donors (Lipinski definition) is 2. The van der Waals surface area contributed by atoms with Crippen LogP contribution in [0, 0.1) is 6.92 Å². The van der Waals surface area contributed by atoms with Crippen molar-refractivity contribution in [1.82, 2.24) is 5.32 Å². The Morgan fingerprint density at radius 1 is 1.20 bits per heavy atom. The van der Waals surface area contributed by atoms with E-state index >= 15 is 0 Å². The summed E-state index contributed by atoms with van der Waals surface area (Å²) in [7, 11) is 1.51. The molecule has 0 radical (unpaired) electrons.